The highest BCUT2D eigenvalue weighted by Crippen LogP contribution is 2.28. The van der Waals surface area contributed by atoms with Crippen molar-refractivity contribution in [3.63, 3.8) is 0 Å². The summed E-state index contributed by atoms with van der Waals surface area (Å²) in [6.45, 7) is -0.280. The third kappa shape index (κ3) is 6.00. The molecule has 0 unspecified atom stereocenters. The van der Waals surface area contributed by atoms with E-state index in [0.29, 0.717) is 11.3 Å². The van der Waals surface area contributed by atoms with Crippen molar-refractivity contribution in [3.8, 4) is 5.75 Å². The molecular formula is C26H18ClN3O6S. The number of nitrogens with one attached hydrogen (secondary N) is 2. The number of hydrogen-bond acceptors (Lipinski definition) is 6. The van der Waals surface area contributed by atoms with Crippen molar-refractivity contribution in [2.75, 3.05) is 16.8 Å². The van der Waals surface area contributed by atoms with E-state index in [4.69, 9.17) is 28.6 Å². The van der Waals surface area contributed by atoms with Crippen LogP contribution in [-0.4, -0.2) is 40.5 Å². The molecule has 0 bridgehead atoms. The Kier molecular flexibility index (Phi) is 7.61. The van der Waals surface area contributed by atoms with Gasteiger partial charge in [0.05, 0.1) is 16.3 Å². The molecule has 3 aromatic carbocycles. The van der Waals surface area contributed by atoms with Crippen LogP contribution in [0.15, 0.2) is 78.4 Å². The van der Waals surface area contributed by atoms with Gasteiger partial charge in [0.25, 0.3) is 17.7 Å². The number of rotatable bonds is 7. The number of carboxylic acids is 1. The highest BCUT2D eigenvalue weighted by molar-refractivity contribution is 7.80. The van der Waals surface area contributed by atoms with Crippen molar-refractivity contribution >= 4 is 70.1 Å². The number of thiocarbonyl (C=S) groups is 1. The topological polar surface area (TPSA) is 125 Å². The van der Waals surface area contributed by atoms with E-state index < -0.39 is 17.8 Å². The van der Waals surface area contributed by atoms with Crippen LogP contribution in [0.4, 0.5) is 11.4 Å². The lowest BCUT2D eigenvalue weighted by atomic mass is 10.1. The van der Waals surface area contributed by atoms with Gasteiger partial charge >= 0.3 is 5.97 Å². The summed E-state index contributed by atoms with van der Waals surface area (Å²) in [6.07, 6.45) is 1.32. The Morgan fingerprint density at radius 2 is 1.81 bits per heavy atom. The van der Waals surface area contributed by atoms with E-state index in [-0.39, 0.29) is 45.2 Å². The Labute approximate surface area is 221 Å². The van der Waals surface area contributed by atoms with Gasteiger partial charge in [-0.15, -0.1) is 0 Å². The molecule has 37 heavy (non-hydrogen) atoms. The van der Waals surface area contributed by atoms with Gasteiger partial charge in [0.1, 0.15) is 11.3 Å². The summed E-state index contributed by atoms with van der Waals surface area (Å²) in [5.41, 5.74) is 0.951. The van der Waals surface area contributed by atoms with E-state index in [1.54, 1.807) is 30.3 Å². The zero-order valence-electron chi connectivity index (χ0n) is 18.9. The molecule has 1 saturated heterocycles. The summed E-state index contributed by atoms with van der Waals surface area (Å²) in [5.74, 6) is -2.76. The quantitative estimate of drug-likeness (QED) is 0.238. The predicted molar refractivity (Wildman–Crippen MR) is 142 cm³/mol. The first-order valence-electron chi connectivity index (χ1n) is 10.7. The van der Waals surface area contributed by atoms with Gasteiger partial charge in [0, 0.05) is 5.69 Å². The molecule has 1 aliphatic heterocycles. The number of carboxylic acid groups (broad SMARTS) is 1. The monoisotopic (exact) mass is 535 g/mol. The molecule has 1 fully saturated rings. The Hall–Kier alpha value is -4.54. The number of anilines is 2. The minimum Gasteiger partial charge on any atom is -0.482 e. The summed E-state index contributed by atoms with van der Waals surface area (Å²) in [4.78, 5) is 50.2. The normalized spacial score (nSPS) is 14.4. The zero-order valence-corrected chi connectivity index (χ0v) is 20.5. The van der Waals surface area contributed by atoms with Crippen molar-refractivity contribution in [1.82, 2.24) is 5.32 Å². The first kappa shape index (κ1) is 25.5. The number of carbonyl (C=O) groups excluding carboxylic acids is 3. The van der Waals surface area contributed by atoms with Crippen molar-refractivity contribution < 1.29 is 29.0 Å². The van der Waals surface area contributed by atoms with Gasteiger partial charge in [-0.1, -0.05) is 41.9 Å². The van der Waals surface area contributed by atoms with Crippen LogP contribution in [-0.2, 0) is 14.4 Å². The third-order valence-corrected chi connectivity index (χ3v) is 5.72. The summed E-state index contributed by atoms with van der Waals surface area (Å²) < 4.78 is 5.49. The molecule has 0 saturated carbocycles. The first-order valence-corrected chi connectivity index (χ1v) is 11.5. The lowest BCUT2D eigenvalue weighted by Crippen LogP contribution is -2.54. The number of ether oxygens (including phenoxy) is 1. The number of halogens is 1. The second kappa shape index (κ2) is 11.0. The molecule has 0 aliphatic carbocycles. The summed E-state index contributed by atoms with van der Waals surface area (Å²) >= 11 is 11.4. The van der Waals surface area contributed by atoms with Gasteiger partial charge in [-0.3, -0.25) is 24.6 Å². The lowest BCUT2D eigenvalue weighted by molar-refractivity contribution is -0.122. The number of nitrogens with zero attached hydrogens (tertiary/aromatic N) is 1. The van der Waals surface area contributed by atoms with Crippen molar-refractivity contribution in [2.45, 2.75) is 0 Å². The molecule has 9 nitrogen and oxygen atoms in total. The highest BCUT2D eigenvalue weighted by atomic mass is 35.5. The summed E-state index contributed by atoms with van der Waals surface area (Å²) in [7, 11) is 0. The summed E-state index contributed by atoms with van der Waals surface area (Å²) in [6, 6.07) is 19.1. The van der Waals surface area contributed by atoms with Gasteiger partial charge in [-0.25, -0.2) is 4.79 Å². The molecule has 186 valence electrons. The maximum Gasteiger partial charge on any atom is 0.335 e. The van der Waals surface area contributed by atoms with E-state index in [2.05, 4.69) is 10.6 Å². The Morgan fingerprint density at radius 1 is 1.05 bits per heavy atom. The zero-order chi connectivity index (χ0) is 26.5. The molecular weight excluding hydrogens is 518 g/mol. The molecule has 0 spiro atoms. The second-order valence-electron chi connectivity index (χ2n) is 7.71. The van der Waals surface area contributed by atoms with Gasteiger partial charge in [0.2, 0.25) is 0 Å². The fourth-order valence-electron chi connectivity index (χ4n) is 3.42. The number of carbonyl (C=O) groups is 4. The molecule has 0 radical (unpaired) electrons. The standard InChI is InChI=1S/C26H18ClN3O6S/c27-20-12-15(9-10-21(20)36-14-22(31)28-17-6-2-1-3-7-17)11-19-23(32)29-26(37)30(24(19)33)18-8-4-5-16(13-18)25(34)35/h1-13H,14H2,(H,28,31)(H,34,35)(H,29,32,37). The van der Waals surface area contributed by atoms with Crippen LogP contribution >= 0.6 is 23.8 Å². The molecule has 3 N–H and O–H groups in total. The molecule has 1 aliphatic rings. The Bertz CT molecular complexity index is 1460. The van der Waals surface area contributed by atoms with Crippen molar-refractivity contribution in [3.05, 3.63) is 94.5 Å². The van der Waals surface area contributed by atoms with E-state index in [1.807, 2.05) is 6.07 Å². The molecule has 4 rings (SSSR count). The van der Waals surface area contributed by atoms with Gasteiger partial charge in [-0.2, -0.15) is 0 Å². The molecule has 3 amide bonds. The average Bonchev–Trinajstić information content (AvgIpc) is 2.86. The van der Waals surface area contributed by atoms with Crippen molar-refractivity contribution in [1.29, 1.82) is 0 Å². The van der Waals surface area contributed by atoms with Crippen LogP contribution < -0.4 is 20.3 Å². The SMILES string of the molecule is O=C(COc1ccc(C=C2C(=O)NC(=S)N(c3cccc(C(=O)O)c3)C2=O)cc1Cl)Nc1ccccc1. The molecule has 1 heterocycles. The second-order valence-corrected chi connectivity index (χ2v) is 8.50. The number of amides is 3. The average molecular weight is 536 g/mol. The van der Waals surface area contributed by atoms with Crippen LogP contribution in [0.25, 0.3) is 6.08 Å². The van der Waals surface area contributed by atoms with E-state index in [9.17, 15) is 24.3 Å². The summed E-state index contributed by atoms with van der Waals surface area (Å²) in [5, 5.41) is 14.4. The third-order valence-electron chi connectivity index (χ3n) is 5.14. The fraction of sp³-hybridized carbons (Fsp3) is 0.0385. The minimum absolute atomic E-state index is 0.0460. The molecule has 11 heteroatoms. The maximum atomic E-state index is 13.2. The van der Waals surface area contributed by atoms with Crippen LogP contribution in [0, 0.1) is 0 Å². The fourth-order valence-corrected chi connectivity index (χ4v) is 3.95. The maximum absolute atomic E-state index is 13.2. The number of hydrogen-bond donors (Lipinski definition) is 3. The van der Waals surface area contributed by atoms with Crippen LogP contribution in [0.5, 0.6) is 5.75 Å². The minimum atomic E-state index is -1.17. The van der Waals surface area contributed by atoms with E-state index in [1.165, 1.54) is 42.5 Å². The molecule has 0 aromatic heterocycles. The van der Waals surface area contributed by atoms with Gasteiger partial charge in [0.15, 0.2) is 11.7 Å². The molecule has 3 aromatic rings. The van der Waals surface area contributed by atoms with Gasteiger partial charge in [-0.05, 0) is 66.3 Å². The largest absolute Gasteiger partial charge is 0.482 e. The predicted octanol–water partition coefficient (Wildman–Crippen LogP) is 3.89. The van der Waals surface area contributed by atoms with Crippen LogP contribution in [0.1, 0.15) is 15.9 Å². The van der Waals surface area contributed by atoms with Crippen LogP contribution in [0.3, 0.4) is 0 Å². The van der Waals surface area contributed by atoms with Crippen LogP contribution in [0.2, 0.25) is 5.02 Å². The number of benzene rings is 3. The van der Waals surface area contributed by atoms with E-state index in [0.717, 1.165) is 4.90 Å². The number of aromatic carboxylic acids is 1. The lowest BCUT2D eigenvalue weighted by Gasteiger charge is -2.29. The molecule has 0 atom stereocenters. The highest BCUT2D eigenvalue weighted by Gasteiger charge is 2.34. The van der Waals surface area contributed by atoms with E-state index >= 15 is 0 Å². The van der Waals surface area contributed by atoms with Gasteiger partial charge < -0.3 is 15.2 Å². The Morgan fingerprint density at radius 3 is 2.51 bits per heavy atom. The first-order chi connectivity index (χ1) is 17.7. The van der Waals surface area contributed by atoms with Crippen molar-refractivity contribution in [2.24, 2.45) is 0 Å². The number of para-hydroxylation sites is 1. The Balaban J connectivity index is 1.50. The smallest absolute Gasteiger partial charge is 0.335 e.